The Balaban J connectivity index is 1.62. The number of hydrogen-bond donors (Lipinski definition) is 1. The lowest BCUT2D eigenvalue weighted by atomic mass is 10.1. The highest BCUT2D eigenvalue weighted by atomic mass is 16.3. The first-order valence-corrected chi connectivity index (χ1v) is 8.69. The third-order valence-corrected chi connectivity index (χ3v) is 4.09. The lowest BCUT2D eigenvalue weighted by Crippen LogP contribution is -2.50. The van der Waals surface area contributed by atoms with E-state index in [0.29, 0.717) is 37.5 Å². The Labute approximate surface area is 153 Å². The molecular weight excluding hydrogens is 332 g/mol. The minimum absolute atomic E-state index is 0.0693. The van der Waals surface area contributed by atoms with Crippen LogP contribution in [0.4, 0.5) is 5.69 Å². The van der Waals surface area contributed by atoms with E-state index in [1.165, 1.54) is 6.26 Å². The van der Waals surface area contributed by atoms with Crippen LogP contribution in [0.25, 0.3) is 0 Å². The Morgan fingerprint density at radius 1 is 1.08 bits per heavy atom. The van der Waals surface area contributed by atoms with Gasteiger partial charge in [0, 0.05) is 44.1 Å². The van der Waals surface area contributed by atoms with Gasteiger partial charge in [-0.05, 0) is 39.0 Å². The van der Waals surface area contributed by atoms with Crippen molar-refractivity contribution in [2.24, 2.45) is 0 Å². The summed E-state index contributed by atoms with van der Waals surface area (Å²) in [6, 6.07) is 5.17. The maximum absolute atomic E-state index is 12.8. The van der Waals surface area contributed by atoms with Crippen molar-refractivity contribution < 1.29 is 14.0 Å². The van der Waals surface area contributed by atoms with Crippen LogP contribution in [0.15, 0.2) is 41.3 Å². The summed E-state index contributed by atoms with van der Waals surface area (Å²) in [7, 11) is 0. The number of nitrogens with one attached hydrogen (secondary N) is 1. The van der Waals surface area contributed by atoms with Crippen LogP contribution in [0.2, 0.25) is 0 Å². The molecule has 2 amide bonds. The summed E-state index contributed by atoms with van der Waals surface area (Å²) >= 11 is 0. The predicted octanol–water partition coefficient (Wildman–Crippen LogP) is 2.48. The van der Waals surface area contributed by atoms with Gasteiger partial charge in [0.25, 0.3) is 11.8 Å². The van der Waals surface area contributed by atoms with Crippen molar-refractivity contribution in [1.29, 1.82) is 0 Å². The van der Waals surface area contributed by atoms with Gasteiger partial charge in [0.2, 0.25) is 0 Å². The number of aromatic nitrogens is 1. The van der Waals surface area contributed by atoms with Crippen LogP contribution < -0.4 is 5.32 Å². The Kier molecular flexibility index (Phi) is 4.97. The van der Waals surface area contributed by atoms with Gasteiger partial charge in [-0.15, -0.1) is 0 Å². The van der Waals surface area contributed by atoms with Crippen LogP contribution in [0.3, 0.4) is 0 Å². The topological polar surface area (TPSA) is 78.7 Å². The summed E-state index contributed by atoms with van der Waals surface area (Å²) in [6.07, 6.45) is 4.77. The number of carbonyl (C=O) groups excluding carboxylic acids is 2. The van der Waals surface area contributed by atoms with Crippen molar-refractivity contribution in [2.75, 3.05) is 31.5 Å². The molecule has 2 aromatic rings. The van der Waals surface area contributed by atoms with E-state index in [2.05, 4.69) is 31.1 Å². The second-order valence-corrected chi connectivity index (χ2v) is 7.40. The number of furan rings is 1. The van der Waals surface area contributed by atoms with Gasteiger partial charge in [0.1, 0.15) is 0 Å². The summed E-state index contributed by atoms with van der Waals surface area (Å²) in [4.78, 5) is 32.7. The normalized spacial score (nSPS) is 15.0. The van der Waals surface area contributed by atoms with E-state index >= 15 is 0 Å². The predicted molar refractivity (Wildman–Crippen MR) is 98.1 cm³/mol. The molecular formula is C19H24N4O3. The van der Waals surface area contributed by atoms with Gasteiger partial charge in [-0.2, -0.15) is 0 Å². The lowest BCUT2D eigenvalue weighted by molar-refractivity contribution is 0.0518. The zero-order valence-corrected chi connectivity index (χ0v) is 15.4. The van der Waals surface area contributed by atoms with Crippen molar-refractivity contribution in [3.63, 3.8) is 0 Å². The monoisotopic (exact) mass is 356 g/mol. The molecule has 1 N–H and O–H groups in total. The molecule has 0 radical (unpaired) electrons. The third kappa shape index (κ3) is 4.22. The van der Waals surface area contributed by atoms with E-state index in [0.717, 1.165) is 5.69 Å². The number of pyridine rings is 1. The second kappa shape index (κ2) is 7.19. The molecule has 0 saturated carbocycles. The summed E-state index contributed by atoms with van der Waals surface area (Å²) in [6.45, 7) is 8.10. The lowest BCUT2D eigenvalue weighted by Gasteiger charge is -2.34. The van der Waals surface area contributed by atoms with Crippen molar-refractivity contribution in [3.8, 4) is 0 Å². The van der Waals surface area contributed by atoms with Gasteiger partial charge in [0.15, 0.2) is 5.76 Å². The van der Waals surface area contributed by atoms with Crippen LogP contribution in [-0.2, 0) is 0 Å². The van der Waals surface area contributed by atoms with Gasteiger partial charge >= 0.3 is 0 Å². The summed E-state index contributed by atoms with van der Waals surface area (Å²) in [5.74, 6) is 0.121. The van der Waals surface area contributed by atoms with E-state index in [1.54, 1.807) is 34.3 Å². The molecule has 3 rings (SSSR count). The van der Waals surface area contributed by atoms with E-state index < -0.39 is 0 Å². The van der Waals surface area contributed by atoms with E-state index in [-0.39, 0.29) is 17.4 Å². The second-order valence-electron chi connectivity index (χ2n) is 7.40. The van der Waals surface area contributed by atoms with Gasteiger partial charge in [-0.1, -0.05) is 0 Å². The van der Waals surface area contributed by atoms with E-state index in [9.17, 15) is 9.59 Å². The molecule has 1 aliphatic rings. The molecule has 0 spiro atoms. The number of piperazine rings is 1. The van der Waals surface area contributed by atoms with Crippen molar-refractivity contribution in [1.82, 2.24) is 14.8 Å². The van der Waals surface area contributed by atoms with Crippen LogP contribution >= 0.6 is 0 Å². The molecule has 26 heavy (non-hydrogen) atoms. The molecule has 0 bridgehead atoms. The van der Waals surface area contributed by atoms with Crippen molar-refractivity contribution >= 4 is 17.5 Å². The quantitative estimate of drug-likeness (QED) is 0.914. The molecule has 3 heterocycles. The first-order valence-electron chi connectivity index (χ1n) is 8.69. The van der Waals surface area contributed by atoms with E-state index in [4.69, 9.17) is 4.42 Å². The van der Waals surface area contributed by atoms with Gasteiger partial charge < -0.3 is 19.5 Å². The van der Waals surface area contributed by atoms with Gasteiger partial charge in [0.05, 0.1) is 17.5 Å². The van der Waals surface area contributed by atoms with Crippen molar-refractivity contribution in [2.45, 2.75) is 26.3 Å². The largest absolute Gasteiger partial charge is 0.459 e. The number of nitrogens with zero attached hydrogens (tertiary/aromatic N) is 3. The molecule has 2 aromatic heterocycles. The average molecular weight is 356 g/mol. The maximum Gasteiger partial charge on any atom is 0.289 e. The minimum Gasteiger partial charge on any atom is -0.459 e. The third-order valence-electron chi connectivity index (χ3n) is 4.09. The molecule has 7 nitrogen and oxygen atoms in total. The number of amides is 2. The Hall–Kier alpha value is -2.83. The molecule has 1 fully saturated rings. The van der Waals surface area contributed by atoms with Crippen LogP contribution in [0.1, 0.15) is 41.7 Å². The zero-order chi connectivity index (χ0) is 18.7. The Morgan fingerprint density at radius 2 is 1.73 bits per heavy atom. The number of rotatable bonds is 3. The maximum atomic E-state index is 12.8. The molecule has 7 heteroatoms. The van der Waals surface area contributed by atoms with Crippen LogP contribution in [0, 0.1) is 0 Å². The highest BCUT2D eigenvalue weighted by Gasteiger charge is 2.27. The Bertz CT molecular complexity index is 772. The molecule has 1 saturated heterocycles. The molecule has 0 aromatic carbocycles. The summed E-state index contributed by atoms with van der Waals surface area (Å²) in [5, 5.41) is 3.32. The minimum atomic E-state index is -0.139. The first kappa shape index (κ1) is 18.0. The number of hydrogen-bond acceptors (Lipinski definition) is 5. The zero-order valence-electron chi connectivity index (χ0n) is 15.4. The van der Waals surface area contributed by atoms with E-state index in [1.807, 2.05) is 6.07 Å². The standard InChI is InChI=1S/C19H24N4O3/c1-19(2,3)21-15-11-14(12-20-13-15)17(24)22-6-8-23(9-7-22)18(25)16-5-4-10-26-16/h4-5,10-13,21H,6-9H2,1-3H3. The highest BCUT2D eigenvalue weighted by molar-refractivity contribution is 5.95. The average Bonchev–Trinajstić information content (AvgIpc) is 3.14. The van der Waals surface area contributed by atoms with Gasteiger partial charge in [-0.25, -0.2) is 0 Å². The summed E-state index contributed by atoms with van der Waals surface area (Å²) < 4.78 is 5.16. The van der Waals surface area contributed by atoms with Crippen LogP contribution in [0.5, 0.6) is 0 Å². The van der Waals surface area contributed by atoms with Crippen molar-refractivity contribution in [3.05, 3.63) is 48.2 Å². The fourth-order valence-electron chi connectivity index (χ4n) is 2.91. The molecule has 0 unspecified atom stereocenters. The highest BCUT2D eigenvalue weighted by Crippen LogP contribution is 2.17. The fraction of sp³-hybridized carbons (Fsp3) is 0.421. The fourth-order valence-corrected chi connectivity index (χ4v) is 2.91. The SMILES string of the molecule is CC(C)(C)Nc1cncc(C(=O)N2CCN(C(=O)c3ccco3)CC2)c1. The molecule has 138 valence electrons. The Morgan fingerprint density at radius 3 is 2.31 bits per heavy atom. The molecule has 0 aliphatic carbocycles. The van der Waals surface area contributed by atoms with Gasteiger partial charge in [-0.3, -0.25) is 14.6 Å². The number of anilines is 1. The first-order chi connectivity index (χ1) is 12.3. The van der Waals surface area contributed by atoms with Crippen LogP contribution in [-0.4, -0.2) is 58.3 Å². The molecule has 0 atom stereocenters. The summed E-state index contributed by atoms with van der Waals surface area (Å²) in [5.41, 5.74) is 1.25. The smallest absolute Gasteiger partial charge is 0.289 e. The molecule has 1 aliphatic heterocycles. The number of carbonyl (C=O) groups is 2.